The van der Waals surface area contributed by atoms with Crippen LogP contribution in [0.2, 0.25) is 5.02 Å². The smallest absolute Gasteiger partial charge is 0.335 e. The van der Waals surface area contributed by atoms with Gasteiger partial charge in [-0.2, -0.15) is 0 Å². The van der Waals surface area contributed by atoms with E-state index in [4.69, 9.17) is 16.7 Å². The maximum Gasteiger partial charge on any atom is 0.335 e. The van der Waals surface area contributed by atoms with Gasteiger partial charge in [0.25, 0.3) is 5.69 Å². The third-order valence-electron chi connectivity index (χ3n) is 1.74. The number of rotatable bonds is 3. The van der Waals surface area contributed by atoms with Crippen LogP contribution < -0.4 is 0 Å². The molecule has 0 atom stereocenters. The van der Waals surface area contributed by atoms with Gasteiger partial charge in [-0.15, -0.1) is 0 Å². The highest BCUT2D eigenvalue weighted by molar-refractivity contribution is 6.34. The normalized spacial score (nSPS) is 9.67. The summed E-state index contributed by atoms with van der Waals surface area (Å²) in [6.45, 7) is 3.28. The SMILES string of the molecule is C=C(C(=O)O)c1cc([N+](=O)[O-])ccc1Cl. The van der Waals surface area contributed by atoms with Crippen molar-refractivity contribution in [2.45, 2.75) is 0 Å². The predicted octanol–water partition coefficient (Wildman–Crippen LogP) is 2.35. The van der Waals surface area contributed by atoms with Crippen molar-refractivity contribution < 1.29 is 14.8 Å². The molecule has 0 radical (unpaired) electrons. The Morgan fingerprint density at radius 3 is 2.60 bits per heavy atom. The van der Waals surface area contributed by atoms with Crippen molar-refractivity contribution in [2.75, 3.05) is 0 Å². The summed E-state index contributed by atoms with van der Waals surface area (Å²) < 4.78 is 0. The van der Waals surface area contributed by atoms with E-state index in [0.717, 1.165) is 6.07 Å². The van der Waals surface area contributed by atoms with Gasteiger partial charge in [-0.1, -0.05) is 18.2 Å². The molecule has 0 amide bonds. The van der Waals surface area contributed by atoms with E-state index >= 15 is 0 Å². The molecule has 1 rings (SSSR count). The summed E-state index contributed by atoms with van der Waals surface area (Å²) in [6.07, 6.45) is 0. The first-order valence-corrected chi connectivity index (χ1v) is 4.18. The van der Waals surface area contributed by atoms with E-state index in [0.29, 0.717) is 0 Å². The molecule has 1 aromatic carbocycles. The fraction of sp³-hybridized carbons (Fsp3) is 0. The number of nitrogens with zero attached hydrogens (tertiary/aromatic N) is 1. The maximum atomic E-state index is 10.6. The van der Waals surface area contributed by atoms with E-state index in [9.17, 15) is 14.9 Å². The van der Waals surface area contributed by atoms with Crippen molar-refractivity contribution in [3.05, 3.63) is 45.5 Å². The zero-order valence-electron chi connectivity index (χ0n) is 7.44. The summed E-state index contributed by atoms with van der Waals surface area (Å²) in [5.41, 5.74) is -0.445. The van der Waals surface area contributed by atoms with Crippen LogP contribution in [0.5, 0.6) is 0 Å². The number of carbonyl (C=O) groups is 1. The molecule has 78 valence electrons. The van der Waals surface area contributed by atoms with E-state index in [-0.39, 0.29) is 21.8 Å². The minimum absolute atomic E-state index is 0.0540. The third kappa shape index (κ3) is 2.32. The molecule has 15 heavy (non-hydrogen) atoms. The second kappa shape index (κ2) is 4.10. The Kier molecular flexibility index (Phi) is 3.06. The van der Waals surface area contributed by atoms with Gasteiger partial charge in [-0.05, 0) is 6.07 Å². The highest BCUT2D eigenvalue weighted by atomic mass is 35.5. The van der Waals surface area contributed by atoms with E-state index in [1.807, 2.05) is 0 Å². The summed E-state index contributed by atoms with van der Waals surface area (Å²) in [6, 6.07) is 3.54. The number of carboxylic acids is 1. The van der Waals surface area contributed by atoms with Gasteiger partial charge in [0.2, 0.25) is 0 Å². The molecule has 0 saturated carbocycles. The molecular weight excluding hydrogens is 222 g/mol. The molecule has 0 aliphatic rings. The minimum atomic E-state index is -1.27. The lowest BCUT2D eigenvalue weighted by Gasteiger charge is -2.02. The second-order valence-electron chi connectivity index (χ2n) is 2.70. The summed E-state index contributed by atoms with van der Waals surface area (Å²) in [4.78, 5) is 20.4. The van der Waals surface area contributed by atoms with Crippen molar-refractivity contribution in [3.8, 4) is 0 Å². The number of non-ortho nitro benzene ring substituents is 1. The molecule has 0 fully saturated rings. The lowest BCUT2D eigenvalue weighted by atomic mass is 10.1. The topological polar surface area (TPSA) is 80.4 Å². The van der Waals surface area contributed by atoms with Gasteiger partial charge in [-0.25, -0.2) is 4.79 Å². The van der Waals surface area contributed by atoms with Crippen LogP contribution in [-0.4, -0.2) is 16.0 Å². The molecule has 0 bridgehead atoms. The molecule has 5 nitrogen and oxygen atoms in total. The fourth-order valence-corrected chi connectivity index (χ4v) is 1.20. The summed E-state index contributed by atoms with van der Waals surface area (Å²) >= 11 is 5.69. The van der Waals surface area contributed by atoms with Gasteiger partial charge in [0.15, 0.2) is 0 Å². The number of carboxylic acid groups (broad SMARTS) is 1. The van der Waals surface area contributed by atoms with E-state index in [2.05, 4.69) is 6.58 Å². The highest BCUT2D eigenvalue weighted by Gasteiger charge is 2.15. The standard InChI is InChI=1S/C9H6ClNO4/c1-5(9(12)13)7-4-6(11(14)15)2-3-8(7)10/h2-4H,1H2,(H,12,13). The quantitative estimate of drug-likeness (QED) is 0.488. The number of benzene rings is 1. The number of halogens is 1. The Hall–Kier alpha value is -1.88. The number of nitro benzene ring substituents is 1. The van der Waals surface area contributed by atoms with Crippen LogP contribution in [0.3, 0.4) is 0 Å². The first-order valence-electron chi connectivity index (χ1n) is 3.80. The van der Waals surface area contributed by atoms with Crippen LogP contribution in [0.1, 0.15) is 5.56 Å². The van der Waals surface area contributed by atoms with E-state index in [1.165, 1.54) is 12.1 Å². The van der Waals surface area contributed by atoms with E-state index < -0.39 is 10.9 Å². The lowest BCUT2D eigenvalue weighted by molar-refractivity contribution is -0.384. The number of hydrogen-bond acceptors (Lipinski definition) is 3. The number of aliphatic carboxylic acids is 1. The highest BCUT2D eigenvalue weighted by Crippen LogP contribution is 2.27. The summed E-state index contributed by atoms with van der Waals surface area (Å²) in [5.74, 6) is -1.27. The van der Waals surface area contributed by atoms with Crippen molar-refractivity contribution >= 4 is 28.8 Å². The number of nitro groups is 1. The van der Waals surface area contributed by atoms with Gasteiger partial charge in [0, 0.05) is 22.7 Å². The van der Waals surface area contributed by atoms with Crippen LogP contribution >= 0.6 is 11.6 Å². The molecule has 1 aromatic rings. The zero-order chi connectivity index (χ0) is 11.6. The molecule has 0 saturated heterocycles. The fourth-order valence-electron chi connectivity index (χ4n) is 0.973. The Morgan fingerprint density at radius 2 is 2.13 bits per heavy atom. The maximum absolute atomic E-state index is 10.6. The molecular formula is C9H6ClNO4. The average molecular weight is 228 g/mol. The first kappa shape index (κ1) is 11.2. The average Bonchev–Trinajstić information content (AvgIpc) is 2.16. The second-order valence-corrected chi connectivity index (χ2v) is 3.11. The molecule has 6 heteroatoms. The molecule has 1 N–H and O–H groups in total. The first-order chi connectivity index (χ1) is 6.93. The van der Waals surface area contributed by atoms with Crippen LogP contribution in [0.15, 0.2) is 24.8 Å². The largest absolute Gasteiger partial charge is 0.478 e. The van der Waals surface area contributed by atoms with Gasteiger partial charge in [0.1, 0.15) is 0 Å². The summed E-state index contributed by atoms with van der Waals surface area (Å²) in [5, 5.41) is 19.2. The Morgan fingerprint density at radius 1 is 1.53 bits per heavy atom. The molecule has 0 aliphatic heterocycles. The van der Waals surface area contributed by atoms with Crippen molar-refractivity contribution in [2.24, 2.45) is 0 Å². The van der Waals surface area contributed by atoms with Gasteiger partial charge < -0.3 is 5.11 Å². The van der Waals surface area contributed by atoms with Crippen LogP contribution in [-0.2, 0) is 4.79 Å². The number of hydrogen-bond donors (Lipinski definition) is 1. The molecule has 0 unspecified atom stereocenters. The lowest BCUT2D eigenvalue weighted by Crippen LogP contribution is -1.99. The third-order valence-corrected chi connectivity index (χ3v) is 2.07. The van der Waals surface area contributed by atoms with Crippen LogP contribution in [0.25, 0.3) is 5.57 Å². The minimum Gasteiger partial charge on any atom is -0.478 e. The Balaban J connectivity index is 3.28. The van der Waals surface area contributed by atoms with Crippen LogP contribution in [0.4, 0.5) is 5.69 Å². The predicted molar refractivity (Wildman–Crippen MR) is 54.8 cm³/mol. The summed E-state index contributed by atoms with van der Waals surface area (Å²) in [7, 11) is 0. The van der Waals surface area contributed by atoms with Crippen LogP contribution in [0, 0.1) is 10.1 Å². The zero-order valence-corrected chi connectivity index (χ0v) is 8.19. The van der Waals surface area contributed by atoms with Crippen molar-refractivity contribution in [1.82, 2.24) is 0 Å². The van der Waals surface area contributed by atoms with Gasteiger partial charge >= 0.3 is 5.97 Å². The molecule has 0 spiro atoms. The van der Waals surface area contributed by atoms with Crippen molar-refractivity contribution in [1.29, 1.82) is 0 Å². The molecule has 0 aliphatic carbocycles. The van der Waals surface area contributed by atoms with Crippen molar-refractivity contribution in [3.63, 3.8) is 0 Å². The molecule has 0 aromatic heterocycles. The monoisotopic (exact) mass is 227 g/mol. The Bertz CT molecular complexity index is 455. The van der Waals surface area contributed by atoms with Gasteiger partial charge in [-0.3, -0.25) is 10.1 Å². The van der Waals surface area contributed by atoms with E-state index in [1.54, 1.807) is 0 Å². The molecule has 0 heterocycles. The van der Waals surface area contributed by atoms with Gasteiger partial charge in [0.05, 0.1) is 10.5 Å². The Labute approximate surface area is 89.7 Å².